The molecule has 0 aliphatic carbocycles. The van der Waals surface area contributed by atoms with Gasteiger partial charge < -0.3 is 4.74 Å². The third-order valence-corrected chi connectivity index (χ3v) is 4.19. The maximum atomic E-state index is 11.4. The van der Waals surface area contributed by atoms with Crippen molar-refractivity contribution in [1.29, 1.82) is 0 Å². The van der Waals surface area contributed by atoms with Crippen molar-refractivity contribution in [3.05, 3.63) is 5.82 Å². The molecule has 20 heavy (non-hydrogen) atoms. The van der Waals surface area contributed by atoms with E-state index in [-0.39, 0.29) is 5.16 Å². The summed E-state index contributed by atoms with van der Waals surface area (Å²) in [6, 6.07) is 0. The molecular formula is C12H22ClN3O3S. The van der Waals surface area contributed by atoms with Gasteiger partial charge in [0.1, 0.15) is 5.82 Å². The number of aryl methyl sites for hydroxylation is 1. The summed E-state index contributed by atoms with van der Waals surface area (Å²) in [6.45, 7) is 2.94. The SMILES string of the molecule is CCCCCCCc1nnc(S(=O)(=O)Cl)n1CCOC. The third kappa shape index (κ3) is 5.38. The lowest BCUT2D eigenvalue weighted by Crippen LogP contribution is -2.13. The van der Waals surface area contributed by atoms with E-state index in [2.05, 4.69) is 17.1 Å². The van der Waals surface area contributed by atoms with Crippen LogP contribution in [0, 0.1) is 0 Å². The number of nitrogens with zero attached hydrogens (tertiary/aromatic N) is 3. The van der Waals surface area contributed by atoms with Crippen molar-refractivity contribution in [1.82, 2.24) is 14.8 Å². The van der Waals surface area contributed by atoms with Crippen LogP contribution in [0.15, 0.2) is 5.16 Å². The molecule has 0 amide bonds. The molecule has 8 heteroatoms. The zero-order valence-electron chi connectivity index (χ0n) is 12.0. The summed E-state index contributed by atoms with van der Waals surface area (Å²) >= 11 is 0. The van der Waals surface area contributed by atoms with E-state index >= 15 is 0 Å². The Morgan fingerprint density at radius 1 is 1.20 bits per heavy atom. The van der Waals surface area contributed by atoms with Crippen molar-refractivity contribution >= 4 is 19.7 Å². The zero-order chi connectivity index (χ0) is 15.0. The molecule has 0 fully saturated rings. The van der Waals surface area contributed by atoms with E-state index in [1.165, 1.54) is 23.8 Å². The molecule has 0 spiro atoms. The minimum absolute atomic E-state index is 0.195. The van der Waals surface area contributed by atoms with Gasteiger partial charge in [-0.3, -0.25) is 4.57 Å². The summed E-state index contributed by atoms with van der Waals surface area (Å²) in [7, 11) is 3.05. The molecule has 0 atom stereocenters. The summed E-state index contributed by atoms with van der Waals surface area (Å²) in [5.74, 6) is 0.651. The molecule has 0 aromatic carbocycles. The summed E-state index contributed by atoms with van der Waals surface area (Å²) in [6.07, 6.45) is 6.37. The van der Waals surface area contributed by atoms with E-state index in [1.807, 2.05) is 0 Å². The molecule has 1 aromatic rings. The van der Waals surface area contributed by atoms with Crippen LogP contribution in [0.5, 0.6) is 0 Å². The average molecular weight is 324 g/mol. The predicted molar refractivity (Wildman–Crippen MR) is 77.4 cm³/mol. The highest BCUT2D eigenvalue weighted by atomic mass is 35.7. The van der Waals surface area contributed by atoms with Crippen molar-refractivity contribution in [2.24, 2.45) is 0 Å². The first-order valence-corrected chi connectivity index (χ1v) is 9.17. The molecule has 0 N–H and O–H groups in total. The van der Waals surface area contributed by atoms with Gasteiger partial charge in [-0.2, -0.15) is 0 Å². The molecule has 0 unspecified atom stereocenters. The van der Waals surface area contributed by atoms with E-state index in [0.29, 0.717) is 25.4 Å². The molecule has 0 radical (unpaired) electrons. The van der Waals surface area contributed by atoms with Crippen molar-refractivity contribution in [2.45, 2.75) is 57.1 Å². The van der Waals surface area contributed by atoms with Crippen LogP contribution >= 0.6 is 10.7 Å². The summed E-state index contributed by atoms with van der Waals surface area (Å²) < 4.78 is 29.4. The molecule has 1 heterocycles. The second-order valence-corrected chi connectivity index (χ2v) is 7.10. The standard InChI is InChI=1S/C12H22ClN3O3S/c1-3-4-5-6-7-8-11-14-15-12(20(13,17)18)16(11)9-10-19-2/h3-10H2,1-2H3. The minimum Gasteiger partial charge on any atom is -0.383 e. The first-order chi connectivity index (χ1) is 9.50. The average Bonchev–Trinajstić information content (AvgIpc) is 2.79. The van der Waals surface area contributed by atoms with Gasteiger partial charge in [-0.1, -0.05) is 32.6 Å². The number of rotatable bonds is 10. The van der Waals surface area contributed by atoms with Gasteiger partial charge in [0.15, 0.2) is 0 Å². The summed E-state index contributed by atoms with van der Waals surface area (Å²) in [4.78, 5) is 0. The van der Waals surface area contributed by atoms with Crippen LogP contribution in [-0.4, -0.2) is 36.9 Å². The number of unbranched alkanes of at least 4 members (excludes halogenated alkanes) is 4. The van der Waals surface area contributed by atoms with E-state index in [9.17, 15) is 8.42 Å². The normalized spacial score (nSPS) is 11.9. The Morgan fingerprint density at radius 3 is 2.50 bits per heavy atom. The van der Waals surface area contributed by atoms with Crippen molar-refractivity contribution in [3.63, 3.8) is 0 Å². The van der Waals surface area contributed by atoms with Crippen molar-refractivity contribution < 1.29 is 13.2 Å². The highest BCUT2D eigenvalue weighted by Gasteiger charge is 2.22. The summed E-state index contributed by atoms with van der Waals surface area (Å²) in [5.41, 5.74) is 0. The third-order valence-electron chi connectivity index (χ3n) is 3.03. The highest BCUT2D eigenvalue weighted by molar-refractivity contribution is 8.13. The Kier molecular flexibility index (Phi) is 7.47. The Hall–Kier alpha value is -0.660. The molecule has 0 saturated heterocycles. The number of methoxy groups -OCH3 is 1. The van der Waals surface area contributed by atoms with Crippen LogP contribution in [0.3, 0.4) is 0 Å². The highest BCUT2D eigenvalue weighted by Crippen LogP contribution is 2.16. The van der Waals surface area contributed by atoms with Gasteiger partial charge in [0.2, 0.25) is 0 Å². The fourth-order valence-corrected chi connectivity index (χ4v) is 2.92. The lowest BCUT2D eigenvalue weighted by molar-refractivity contribution is 0.183. The fraction of sp³-hybridized carbons (Fsp3) is 0.833. The van der Waals surface area contributed by atoms with Crippen LogP contribution in [0.1, 0.15) is 44.9 Å². The minimum atomic E-state index is -3.88. The Labute approximate surface area is 124 Å². The zero-order valence-corrected chi connectivity index (χ0v) is 13.6. The number of hydrogen-bond donors (Lipinski definition) is 0. The van der Waals surface area contributed by atoms with Crippen LogP contribution in [-0.2, 0) is 26.8 Å². The fourth-order valence-electron chi connectivity index (χ4n) is 1.98. The molecule has 6 nitrogen and oxygen atoms in total. The Morgan fingerprint density at radius 2 is 1.90 bits per heavy atom. The molecule has 0 bridgehead atoms. The van der Waals surface area contributed by atoms with Crippen LogP contribution in [0.4, 0.5) is 0 Å². The second-order valence-electron chi connectivity index (χ2n) is 4.65. The van der Waals surface area contributed by atoms with Crippen LogP contribution < -0.4 is 0 Å². The maximum absolute atomic E-state index is 11.4. The Bertz CT molecular complexity index is 502. The molecule has 116 valence electrons. The molecular weight excluding hydrogens is 302 g/mol. The molecule has 1 aromatic heterocycles. The van der Waals surface area contributed by atoms with E-state index in [1.54, 1.807) is 7.11 Å². The number of ether oxygens (including phenoxy) is 1. The monoisotopic (exact) mass is 323 g/mol. The number of hydrogen-bond acceptors (Lipinski definition) is 5. The predicted octanol–water partition coefficient (Wildman–Crippen LogP) is 2.36. The van der Waals surface area contributed by atoms with Crippen molar-refractivity contribution in [2.75, 3.05) is 13.7 Å². The summed E-state index contributed by atoms with van der Waals surface area (Å²) in [5, 5.41) is 7.45. The van der Waals surface area contributed by atoms with Crippen LogP contribution in [0.2, 0.25) is 0 Å². The largest absolute Gasteiger partial charge is 0.383 e. The first-order valence-electron chi connectivity index (χ1n) is 6.86. The van der Waals surface area contributed by atoms with Gasteiger partial charge in [0.25, 0.3) is 14.2 Å². The van der Waals surface area contributed by atoms with Gasteiger partial charge in [-0.15, -0.1) is 10.2 Å². The maximum Gasteiger partial charge on any atom is 0.296 e. The van der Waals surface area contributed by atoms with Crippen molar-refractivity contribution in [3.8, 4) is 0 Å². The lowest BCUT2D eigenvalue weighted by Gasteiger charge is -2.08. The van der Waals surface area contributed by atoms with E-state index in [0.717, 1.165) is 12.8 Å². The second kappa shape index (κ2) is 8.59. The van der Waals surface area contributed by atoms with E-state index < -0.39 is 9.05 Å². The van der Waals surface area contributed by atoms with E-state index in [4.69, 9.17) is 15.4 Å². The number of halogens is 1. The molecule has 0 saturated carbocycles. The smallest absolute Gasteiger partial charge is 0.296 e. The number of aromatic nitrogens is 3. The van der Waals surface area contributed by atoms with Gasteiger partial charge >= 0.3 is 0 Å². The Balaban J connectivity index is 2.72. The molecule has 0 aliphatic heterocycles. The molecule has 1 rings (SSSR count). The van der Waals surface area contributed by atoms with Gasteiger partial charge in [-0.25, -0.2) is 8.42 Å². The van der Waals surface area contributed by atoms with Gasteiger partial charge in [0.05, 0.1) is 6.61 Å². The van der Waals surface area contributed by atoms with Gasteiger partial charge in [-0.05, 0) is 6.42 Å². The van der Waals surface area contributed by atoms with Crippen LogP contribution in [0.25, 0.3) is 0 Å². The molecule has 0 aliphatic rings. The lowest BCUT2D eigenvalue weighted by atomic mass is 10.1. The quantitative estimate of drug-likeness (QED) is 0.488. The topological polar surface area (TPSA) is 74.1 Å². The van der Waals surface area contributed by atoms with Gasteiger partial charge in [0, 0.05) is 30.8 Å². The first kappa shape index (κ1) is 17.4.